The van der Waals surface area contributed by atoms with Gasteiger partial charge in [-0.1, -0.05) is 25.0 Å². The smallest absolute Gasteiger partial charge is 0.170 e. The molecule has 5 nitrogen and oxygen atoms in total. The van der Waals surface area contributed by atoms with E-state index < -0.39 is 0 Å². The van der Waals surface area contributed by atoms with Gasteiger partial charge in [0.2, 0.25) is 0 Å². The lowest BCUT2D eigenvalue weighted by atomic mass is 9.96. The summed E-state index contributed by atoms with van der Waals surface area (Å²) in [5.41, 5.74) is 6.23. The number of hydrogen-bond donors (Lipinski definition) is 1. The summed E-state index contributed by atoms with van der Waals surface area (Å²) in [6.07, 6.45) is 10.8. The van der Waals surface area contributed by atoms with Gasteiger partial charge in [0.25, 0.3) is 0 Å². The van der Waals surface area contributed by atoms with Crippen LogP contribution < -0.4 is 5.32 Å². The molecule has 1 N–H and O–H groups in total. The summed E-state index contributed by atoms with van der Waals surface area (Å²) in [6.45, 7) is 5.25. The number of aromatic nitrogens is 3. The molecule has 0 radical (unpaired) electrons. The minimum atomic E-state index is 0.0166. The molecule has 0 amide bonds. The number of pyridine rings is 2. The maximum atomic E-state index is 5.84. The Labute approximate surface area is 189 Å². The second-order valence-electron chi connectivity index (χ2n) is 8.75. The van der Waals surface area contributed by atoms with Crippen molar-refractivity contribution in [2.24, 2.45) is 0 Å². The Hall–Kier alpha value is -2.73. The fourth-order valence-electron chi connectivity index (χ4n) is 5.43. The number of aryl methyl sites for hydroxylation is 1. The van der Waals surface area contributed by atoms with Crippen LogP contribution in [0.1, 0.15) is 72.0 Å². The van der Waals surface area contributed by atoms with Gasteiger partial charge < -0.3 is 14.8 Å². The van der Waals surface area contributed by atoms with E-state index in [1.807, 2.05) is 30.7 Å². The number of nitrogens with zero attached hydrogens (tertiary/aromatic N) is 4. The third-order valence-corrected chi connectivity index (χ3v) is 7.16. The molecule has 1 saturated heterocycles. The van der Waals surface area contributed by atoms with Crippen molar-refractivity contribution >= 4 is 17.3 Å². The molecular weight excluding hydrogens is 402 g/mol. The Morgan fingerprint density at radius 2 is 1.94 bits per heavy atom. The first-order chi connectivity index (χ1) is 15.1. The van der Waals surface area contributed by atoms with Crippen LogP contribution in [0.3, 0.4) is 0 Å². The zero-order valence-electron chi connectivity index (χ0n) is 18.2. The average Bonchev–Trinajstić information content (AvgIpc) is 3.49. The van der Waals surface area contributed by atoms with Gasteiger partial charge in [-0.15, -0.1) is 0 Å². The maximum Gasteiger partial charge on any atom is 0.170 e. The summed E-state index contributed by atoms with van der Waals surface area (Å²) in [6, 6.07) is 13.3. The zero-order chi connectivity index (χ0) is 21.4. The van der Waals surface area contributed by atoms with E-state index in [2.05, 4.69) is 62.9 Å². The van der Waals surface area contributed by atoms with Gasteiger partial charge in [0.1, 0.15) is 0 Å². The SMILES string of the molecule is Cc1cc([C@@H]2[C@@H](c3ccccn3)NC(=S)N2Cc2cccnc2)c(C)n1C1CCCC1. The van der Waals surface area contributed by atoms with E-state index in [1.165, 1.54) is 42.6 Å². The van der Waals surface area contributed by atoms with Crippen LogP contribution in [0.4, 0.5) is 0 Å². The minimum Gasteiger partial charge on any atom is -0.352 e. The van der Waals surface area contributed by atoms with Gasteiger partial charge in [-0.2, -0.15) is 0 Å². The number of hydrogen-bond acceptors (Lipinski definition) is 3. The average molecular weight is 432 g/mol. The Kier molecular flexibility index (Phi) is 5.48. The number of rotatable bonds is 5. The molecule has 1 saturated carbocycles. The van der Waals surface area contributed by atoms with Gasteiger partial charge in [0.05, 0.1) is 17.8 Å². The normalized spacial score (nSPS) is 21.6. The Morgan fingerprint density at radius 3 is 2.65 bits per heavy atom. The summed E-state index contributed by atoms with van der Waals surface area (Å²) in [5, 5.41) is 4.35. The van der Waals surface area contributed by atoms with Crippen LogP contribution in [0, 0.1) is 13.8 Å². The van der Waals surface area contributed by atoms with Gasteiger partial charge >= 0.3 is 0 Å². The molecule has 31 heavy (non-hydrogen) atoms. The summed E-state index contributed by atoms with van der Waals surface area (Å²) >= 11 is 5.84. The molecule has 0 aromatic carbocycles. The third kappa shape index (κ3) is 3.74. The van der Waals surface area contributed by atoms with Crippen molar-refractivity contribution in [3.8, 4) is 0 Å². The molecule has 2 fully saturated rings. The first-order valence-corrected chi connectivity index (χ1v) is 11.6. The maximum absolute atomic E-state index is 5.84. The third-order valence-electron chi connectivity index (χ3n) is 6.81. The van der Waals surface area contributed by atoms with Crippen molar-refractivity contribution in [2.45, 2.75) is 64.2 Å². The van der Waals surface area contributed by atoms with E-state index in [0.29, 0.717) is 6.04 Å². The van der Waals surface area contributed by atoms with Gasteiger partial charge in [-0.25, -0.2) is 0 Å². The van der Waals surface area contributed by atoms with Crippen LogP contribution in [0.25, 0.3) is 0 Å². The first-order valence-electron chi connectivity index (χ1n) is 11.2. The van der Waals surface area contributed by atoms with Crippen molar-refractivity contribution in [3.63, 3.8) is 0 Å². The molecule has 0 spiro atoms. The van der Waals surface area contributed by atoms with E-state index in [4.69, 9.17) is 12.2 Å². The second kappa shape index (κ2) is 8.42. The topological polar surface area (TPSA) is 46.0 Å². The second-order valence-corrected chi connectivity index (χ2v) is 9.14. The highest BCUT2D eigenvalue weighted by Crippen LogP contribution is 2.43. The highest BCUT2D eigenvalue weighted by atomic mass is 32.1. The van der Waals surface area contributed by atoms with Crippen LogP contribution >= 0.6 is 12.2 Å². The lowest BCUT2D eigenvalue weighted by molar-refractivity contribution is 0.309. The van der Waals surface area contributed by atoms with Crippen LogP contribution in [-0.4, -0.2) is 24.5 Å². The number of nitrogens with one attached hydrogen (secondary N) is 1. The molecule has 0 unspecified atom stereocenters. The van der Waals surface area contributed by atoms with Crippen molar-refractivity contribution in [2.75, 3.05) is 0 Å². The fourth-order valence-corrected chi connectivity index (χ4v) is 5.73. The zero-order valence-corrected chi connectivity index (χ0v) is 19.0. The molecule has 3 aromatic rings. The monoisotopic (exact) mass is 431 g/mol. The lowest BCUT2D eigenvalue weighted by Gasteiger charge is -2.28. The van der Waals surface area contributed by atoms with Crippen molar-refractivity contribution in [3.05, 3.63) is 83.2 Å². The van der Waals surface area contributed by atoms with Gasteiger partial charge in [0.15, 0.2) is 5.11 Å². The molecule has 6 heteroatoms. The van der Waals surface area contributed by atoms with E-state index >= 15 is 0 Å². The molecule has 5 rings (SSSR count). The van der Waals surface area contributed by atoms with Crippen molar-refractivity contribution in [1.82, 2.24) is 24.8 Å². The van der Waals surface area contributed by atoms with Crippen LogP contribution in [0.2, 0.25) is 0 Å². The molecule has 3 aromatic heterocycles. The quantitative estimate of drug-likeness (QED) is 0.564. The van der Waals surface area contributed by atoms with Gasteiger partial charge in [-0.3, -0.25) is 9.97 Å². The van der Waals surface area contributed by atoms with Crippen molar-refractivity contribution < 1.29 is 0 Å². The van der Waals surface area contributed by atoms with E-state index in [1.54, 1.807) is 0 Å². The largest absolute Gasteiger partial charge is 0.352 e. The van der Waals surface area contributed by atoms with Crippen LogP contribution in [0.5, 0.6) is 0 Å². The Balaban J connectivity index is 1.58. The summed E-state index contributed by atoms with van der Waals surface area (Å²) in [5.74, 6) is 0. The Morgan fingerprint density at radius 1 is 1.10 bits per heavy atom. The molecule has 160 valence electrons. The standard InChI is InChI=1S/C25H29N5S/c1-17-14-21(18(2)30(17)20-9-3-4-10-20)24-23(22-11-5-6-13-27-22)28-25(31)29(24)16-19-8-7-12-26-15-19/h5-8,11-15,20,23-24H,3-4,9-10,16H2,1-2H3,(H,28,31)/t23-,24-/m1/s1. The van der Waals surface area contributed by atoms with Crippen LogP contribution in [0.15, 0.2) is 55.0 Å². The van der Waals surface area contributed by atoms with Gasteiger partial charge in [0, 0.05) is 42.6 Å². The molecule has 1 aliphatic carbocycles. The van der Waals surface area contributed by atoms with E-state index in [-0.39, 0.29) is 12.1 Å². The molecule has 1 aliphatic heterocycles. The van der Waals surface area contributed by atoms with Crippen LogP contribution in [-0.2, 0) is 6.54 Å². The molecule has 2 aliphatic rings. The predicted molar refractivity (Wildman–Crippen MR) is 127 cm³/mol. The summed E-state index contributed by atoms with van der Waals surface area (Å²) in [7, 11) is 0. The minimum absolute atomic E-state index is 0.0166. The molecular formula is C25H29N5S. The number of thiocarbonyl (C=S) groups is 1. The summed E-state index contributed by atoms with van der Waals surface area (Å²) < 4.78 is 2.57. The van der Waals surface area contributed by atoms with E-state index in [9.17, 15) is 0 Å². The summed E-state index contributed by atoms with van der Waals surface area (Å²) in [4.78, 5) is 11.3. The van der Waals surface area contributed by atoms with E-state index in [0.717, 1.165) is 22.9 Å². The highest BCUT2D eigenvalue weighted by Gasteiger charge is 2.41. The highest BCUT2D eigenvalue weighted by molar-refractivity contribution is 7.80. The molecule has 2 atom stereocenters. The molecule has 4 heterocycles. The van der Waals surface area contributed by atoms with Gasteiger partial charge in [-0.05, 0) is 74.3 Å². The fraction of sp³-hybridized carbons (Fsp3) is 0.400. The lowest BCUT2D eigenvalue weighted by Crippen LogP contribution is -2.29. The predicted octanol–water partition coefficient (Wildman–Crippen LogP) is 5.18. The molecule has 0 bridgehead atoms. The Bertz CT molecular complexity index is 1060. The van der Waals surface area contributed by atoms with Crippen molar-refractivity contribution in [1.29, 1.82) is 0 Å². The first kappa shape index (κ1) is 20.2.